The van der Waals surface area contributed by atoms with E-state index >= 15 is 0 Å². The van der Waals surface area contributed by atoms with Gasteiger partial charge in [0.1, 0.15) is 0 Å². The molecule has 0 bridgehead atoms. The molecular formula is C17H15NO2. The van der Waals surface area contributed by atoms with Crippen LogP contribution >= 0.6 is 0 Å². The van der Waals surface area contributed by atoms with E-state index in [0.29, 0.717) is 0 Å². The van der Waals surface area contributed by atoms with Gasteiger partial charge in [-0.2, -0.15) is 0 Å². The quantitative estimate of drug-likeness (QED) is 0.856. The Labute approximate surface area is 117 Å². The average Bonchev–Trinajstić information content (AvgIpc) is 2.84. The van der Waals surface area contributed by atoms with E-state index in [1.807, 2.05) is 24.3 Å². The van der Waals surface area contributed by atoms with Crippen molar-refractivity contribution < 1.29 is 9.47 Å². The molecule has 2 aliphatic rings. The number of hydrogen-bond donors (Lipinski definition) is 1. The standard InChI is InChI=1S/C17H15NO2/c1-19-15-8-4-6-12-9-10-17(20-16(12)15)11-13-5-2-3-7-14(13)18-17/h2-10,18H,11H2,1H3. The molecule has 0 radical (unpaired) electrons. The Morgan fingerprint density at radius 1 is 1.15 bits per heavy atom. The molecule has 1 unspecified atom stereocenters. The van der Waals surface area contributed by atoms with Gasteiger partial charge in [0, 0.05) is 17.7 Å². The summed E-state index contributed by atoms with van der Waals surface area (Å²) in [6, 6.07) is 14.2. The highest BCUT2D eigenvalue weighted by Gasteiger charge is 2.39. The monoisotopic (exact) mass is 265 g/mol. The van der Waals surface area contributed by atoms with Gasteiger partial charge in [-0.25, -0.2) is 0 Å². The van der Waals surface area contributed by atoms with Gasteiger partial charge in [0.05, 0.1) is 7.11 Å². The van der Waals surface area contributed by atoms with Crippen molar-refractivity contribution in [2.24, 2.45) is 0 Å². The molecule has 1 atom stereocenters. The maximum Gasteiger partial charge on any atom is 0.204 e. The number of benzene rings is 2. The van der Waals surface area contributed by atoms with Gasteiger partial charge in [0.25, 0.3) is 0 Å². The van der Waals surface area contributed by atoms with Crippen LogP contribution in [0.15, 0.2) is 48.5 Å². The second kappa shape index (κ2) is 4.04. The van der Waals surface area contributed by atoms with Gasteiger partial charge in [-0.15, -0.1) is 0 Å². The van der Waals surface area contributed by atoms with Crippen LogP contribution in [0.1, 0.15) is 11.1 Å². The van der Waals surface area contributed by atoms with Crippen LogP contribution in [0.2, 0.25) is 0 Å². The molecule has 0 fully saturated rings. The molecule has 0 amide bonds. The number of rotatable bonds is 1. The lowest BCUT2D eigenvalue weighted by Crippen LogP contribution is -2.42. The summed E-state index contributed by atoms with van der Waals surface area (Å²) in [6.45, 7) is 0. The van der Waals surface area contributed by atoms with Gasteiger partial charge in [-0.3, -0.25) is 0 Å². The van der Waals surface area contributed by atoms with E-state index in [1.54, 1.807) is 7.11 Å². The van der Waals surface area contributed by atoms with Crippen LogP contribution in [-0.4, -0.2) is 12.8 Å². The predicted molar refractivity (Wildman–Crippen MR) is 79.2 cm³/mol. The summed E-state index contributed by atoms with van der Waals surface area (Å²) in [4.78, 5) is 0. The first-order chi connectivity index (χ1) is 9.80. The number of para-hydroxylation sites is 2. The van der Waals surface area contributed by atoms with Gasteiger partial charge >= 0.3 is 0 Å². The fourth-order valence-corrected chi connectivity index (χ4v) is 2.89. The molecule has 20 heavy (non-hydrogen) atoms. The Hall–Kier alpha value is -2.42. The molecule has 3 heteroatoms. The van der Waals surface area contributed by atoms with Crippen molar-refractivity contribution in [3.8, 4) is 11.5 Å². The smallest absolute Gasteiger partial charge is 0.204 e. The third kappa shape index (κ3) is 1.59. The third-order valence-corrected chi connectivity index (χ3v) is 3.86. The summed E-state index contributed by atoms with van der Waals surface area (Å²) in [5.74, 6) is 1.57. The molecule has 100 valence electrons. The second-order valence-corrected chi connectivity index (χ2v) is 5.16. The molecule has 2 aromatic rings. The van der Waals surface area contributed by atoms with E-state index in [2.05, 4.69) is 35.7 Å². The van der Waals surface area contributed by atoms with Crippen LogP contribution in [0, 0.1) is 0 Å². The van der Waals surface area contributed by atoms with Crippen LogP contribution in [0.4, 0.5) is 5.69 Å². The molecule has 0 aliphatic carbocycles. The van der Waals surface area contributed by atoms with E-state index in [-0.39, 0.29) is 0 Å². The Morgan fingerprint density at radius 2 is 2.05 bits per heavy atom. The van der Waals surface area contributed by atoms with Crippen LogP contribution < -0.4 is 14.8 Å². The summed E-state index contributed by atoms with van der Waals surface area (Å²) < 4.78 is 11.7. The van der Waals surface area contributed by atoms with Crippen molar-refractivity contribution in [1.29, 1.82) is 0 Å². The second-order valence-electron chi connectivity index (χ2n) is 5.16. The zero-order valence-corrected chi connectivity index (χ0v) is 11.2. The van der Waals surface area contributed by atoms with Gasteiger partial charge in [0.15, 0.2) is 11.5 Å². The van der Waals surface area contributed by atoms with Crippen molar-refractivity contribution in [3.63, 3.8) is 0 Å². The minimum atomic E-state index is -0.495. The van der Waals surface area contributed by atoms with Crippen LogP contribution in [-0.2, 0) is 6.42 Å². The maximum atomic E-state index is 6.26. The molecule has 0 saturated carbocycles. The van der Waals surface area contributed by atoms with Gasteiger partial charge in [-0.05, 0) is 29.8 Å². The predicted octanol–water partition coefficient (Wildman–Crippen LogP) is 3.47. The highest BCUT2D eigenvalue weighted by molar-refractivity contribution is 5.69. The number of hydrogen-bond acceptors (Lipinski definition) is 3. The first kappa shape index (κ1) is 11.4. The average molecular weight is 265 g/mol. The minimum Gasteiger partial charge on any atom is -0.493 e. The highest BCUT2D eigenvalue weighted by atomic mass is 16.5. The fraction of sp³-hybridized carbons (Fsp3) is 0.176. The number of methoxy groups -OCH3 is 1. The number of anilines is 1. The fourth-order valence-electron chi connectivity index (χ4n) is 2.89. The summed E-state index contributed by atoms with van der Waals surface area (Å²) >= 11 is 0. The van der Waals surface area contributed by atoms with Gasteiger partial charge in [-0.1, -0.05) is 30.3 Å². The topological polar surface area (TPSA) is 30.5 Å². The number of nitrogens with one attached hydrogen (secondary N) is 1. The van der Waals surface area contributed by atoms with Crippen molar-refractivity contribution in [2.75, 3.05) is 12.4 Å². The Morgan fingerprint density at radius 3 is 2.90 bits per heavy atom. The minimum absolute atomic E-state index is 0.495. The molecule has 1 N–H and O–H groups in total. The summed E-state index contributed by atoms with van der Waals surface area (Å²) in [6.07, 6.45) is 5.01. The lowest BCUT2D eigenvalue weighted by Gasteiger charge is -2.32. The van der Waals surface area contributed by atoms with E-state index in [1.165, 1.54) is 5.56 Å². The third-order valence-electron chi connectivity index (χ3n) is 3.86. The van der Waals surface area contributed by atoms with E-state index < -0.39 is 5.72 Å². The normalized spacial score (nSPS) is 21.9. The Balaban J connectivity index is 1.75. The highest BCUT2D eigenvalue weighted by Crippen LogP contribution is 2.43. The first-order valence-corrected chi connectivity index (χ1v) is 6.71. The molecular weight excluding hydrogens is 250 g/mol. The Kier molecular flexibility index (Phi) is 2.30. The maximum absolute atomic E-state index is 6.26. The molecule has 2 heterocycles. The summed E-state index contributed by atoms with van der Waals surface area (Å²) in [7, 11) is 1.67. The number of fused-ring (bicyclic) bond motifs is 2. The van der Waals surface area contributed by atoms with Crippen molar-refractivity contribution >= 4 is 11.8 Å². The van der Waals surface area contributed by atoms with Crippen molar-refractivity contribution in [3.05, 3.63) is 59.7 Å². The number of ether oxygens (including phenoxy) is 2. The lowest BCUT2D eigenvalue weighted by atomic mass is 10.0. The van der Waals surface area contributed by atoms with Crippen molar-refractivity contribution in [1.82, 2.24) is 0 Å². The largest absolute Gasteiger partial charge is 0.493 e. The molecule has 0 saturated heterocycles. The van der Waals surface area contributed by atoms with Crippen molar-refractivity contribution in [2.45, 2.75) is 12.1 Å². The van der Waals surface area contributed by atoms with Crippen LogP contribution in [0.5, 0.6) is 11.5 Å². The van der Waals surface area contributed by atoms with Crippen LogP contribution in [0.3, 0.4) is 0 Å². The van der Waals surface area contributed by atoms with E-state index in [0.717, 1.165) is 29.2 Å². The van der Waals surface area contributed by atoms with E-state index in [4.69, 9.17) is 9.47 Å². The summed E-state index contributed by atoms with van der Waals surface area (Å²) in [5.41, 5.74) is 2.96. The zero-order valence-electron chi connectivity index (χ0n) is 11.2. The van der Waals surface area contributed by atoms with E-state index in [9.17, 15) is 0 Å². The molecule has 3 nitrogen and oxygen atoms in total. The van der Waals surface area contributed by atoms with Gasteiger partial charge in [0.2, 0.25) is 5.72 Å². The lowest BCUT2D eigenvalue weighted by molar-refractivity contribution is 0.149. The molecule has 4 rings (SSSR count). The molecule has 2 aromatic carbocycles. The zero-order chi connectivity index (χ0) is 13.6. The SMILES string of the molecule is COc1cccc2c1OC1(C=C2)Cc2ccccc2N1. The Bertz CT molecular complexity index is 681. The first-order valence-electron chi connectivity index (χ1n) is 6.71. The van der Waals surface area contributed by atoms with Gasteiger partial charge < -0.3 is 14.8 Å². The molecule has 1 spiro atoms. The summed E-state index contributed by atoms with van der Waals surface area (Å²) in [5, 5.41) is 3.48. The van der Waals surface area contributed by atoms with Crippen LogP contribution in [0.25, 0.3) is 6.08 Å². The molecule has 2 aliphatic heterocycles. The molecule has 0 aromatic heterocycles.